The van der Waals surface area contributed by atoms with E-state index < -0.39 is 0 Å². The maximum absolute atomic E-state index is 14.2. The first-order chi connectivity index (χ1) is 17.8. The van der Waals surface area contributed by atoms with E-state index in [9.17, 15) is 4.79 Å². The maximum Gasteiger partial charge on any atom is 0.188 e. The highest BCUT2D eigenvalue weighted by molar-refractivity contribution is 6.30. The van der Waals surface area contributed by atoms with E-state index in [1.54, 1.807) is 14.2 Å². The average molecular weight is 512 g/mol. The number of ether oxygens (including phenoxy) is 2. The molecule has 5 heteroatoms. The SMILES string of the molecule is COc1ccc(C2=CC(c3ccc(OC)cc3)C3=C(CC(C)(C)/C(=C/c4ccc(Cl)cc4)C3=O)N2)cc1. The molecule has 0 radical (unpaired) electrons. The van der Waals surface area contributed by atoms with E-state index in [4.69, 9.17) is 21.1 Å². The lowest BCUT2D eigenvalue weighted by atomic mass is 9.67. The molecule has 1 aliphatic heterocycles. The van der Waals surface area contributed by atoms with Crippen molar-refractivity contribution in [2.45, 2.75) is 26.2 Å². The van der Waals surface area contributed by atoms with Gasteiger partial charge in [0, 0.05) is 33.5 Å². The van der Waals surface area contributed by atoms with Crippen molar-refractivity contribution in [3.05, 3.63) is 117 Å². The van der Waals surface area contributed by atoms with Crippen molar-refractivity contribution in [3.8, 4) is 11.5 Å². The number of rotatable bonds is 5. The van der Waals surface area contributed by atoms with Crippen molar-refractivity contribution in [1.82, 2.24) is 5.32 Å². The van der Waals surface area contributed by atoms with Crippen LogP contribution in [0.1, 0.15) is 42.9 Å². The molecule has 4 nitrogen and oxygen atoms in total. The monoisotopic (exact) mass is 511 g/mol. The van der Waals surface area contributed by atoms with Crippen molar-refractivity contribution in [2.24, 2.45) is 5.41 Å². The maximum atomic E-state index is 14.2. The molecule has 1 heterocycles. The Kier molecular flexibility index (Phi) is 6.70. The predicted octanol–water partition coefficient (Wildman–Crippen LogP) is 7.42. The average Bonchev–Trinajstić information content (AvgIpc) is 2.91. The number of methoxy groups -OCH3 is 2. The lowest BCUT2D eigenvalue weighted by Gasteiger charge is -2.40. The summed E-state index contributed by atoms with van der Waals surface area (Å²) < 4.78 is 10.7. The lowest BCUT2D eigenvalue weighted by molar-refractivity contribution is -0.113. The van der Waals surface area contributed by atoms with Gasteiger partial charge in [-0.1, -0.05) is 49.7 Å². The normalized spacial score (nSPS) is 19.7. The van der Waals surface area contributed by atoms with Gasteiger partial charge in [-0.05, 0) is 89.2 Å². The van der Waals surface area contributed by atoms with E-state index in [-0.39, 0.29) is 17.1 Å². The first-order valence-corrected chi connectivity index (χ1v) is 12.7. The van der Waals surface area contributed by atoms with Crippen LogP contribution in [0.15, 0.2) is 95.7 Å². The van der Waals surface area contributed by atoms with E-state index >= 15 is 0 Å². The van der Waals surface area contributed by atoms with Crippen LogP contribution in [-0.2, 0) is 4.79 Å². The summed E-state index contributed by atoms with van der Waals surface area (Å²) in [5.74, 6) is 1.46. The highest BCUT2D eigenvalue weighted by Gasteiger charge is 2.42. The van der Waals surface area contributed by atoms with Crippen molar-refractivity contribution in [1.29, 1.82) is 0 Å². The number of carbonyl (C=O) groups excluding carboxylic acids is 1. The number of hydrogen-bond acceptors (Lipinski definition) is 4. The molecule has 0 amide bonds. The van der Waals surface area contributed by atoms with Gasteiger partial charge in [0.15, 0.2) is 5.78 Å². The molecule has 0 fully saturated rings. The van der Waals surface area contributed by atoms with Gasteiger partial charge >= 0.3 is 0 Å². The Morgan fingerprint density at radius 1 is 0.892 bits per heavy atom. The third-order valence-electron chi connectivity index (χ3n) is 7.15. The molecule has 3 aromatic carbocycles. The van der Waals surface area contributed by atoms with E-state index in [1.165, 1.54) is 0 Å². The second-order valence-corrected chi connectivity index (χ2v) is 10.5. The van der Waals surface area contributed by atoms with Crippen LogP contribution >= 0.6 is 11.6 Å². The van der Waals surface area contributed by atoms with Crippen molar-refractivity contribution in [2.75, 3.05) is 14.2 Å². The summed E-state index contributed by atoms with van der Waals surface area (Å²) in [6.07, 6.45) is 4.88. The van der Waals surface area contributed by atoms with Crippen LogP contribution in [0.5, 0.6) is 11.5 Å². The number of nitrogens with one attached hydrogen (secondary N) is 1. The van der Waals surface area contributed by atoms with Crippen LogP contribution < -0.4 is 14.8 Å². The Labute approximate surface area is 223 Å². The van der Waals surface area contributed by atoms with Crippen molar-refractivity contribution >= 4 is 29.2 Å². The third-order valence-corrected chi connectivity index (χ3v) is 7.40. The zero-order chi connectivity index (χ0) is 26.2. The van der Waals surface area contributed by atoms with Crippen LogP contribution in [0.2, 0.25) is 5.02 Å². The Bertz CT molecular complexity index is 1410. The number of Topliss-reactive ketones (excluding diaryl/α,β-unsaturated/α-hetero) is 1. The second kappa shape index (κ2) is 9.95. The molecular formula is C32H30ClNO3. The summed E-state index contributed by atoms with van der Waals surface area (Å²) in [4.78, 5) is 14.2. The summed E-state index contributed by atoms with van der Waals surface area (Å²) in [7, 11) is 3.32. The van der Waals surface area contributed by atoms with Gasteiger partial charge in [0.25, 0.3) is 0 Å². The number of dihydropyridines is 1. The molecule has 5 rings (SSSR count). The zero-order valence-corrected chi connectivity index (χ0v) is 22.2. The smallest absolute Gasteiger partial charge is 0.188 e. The molecule has 1 aliphatic carbocycles. The Morgan fingerprint density at radius 3 is 2.08 bits per heavy atom. The molecule has 1 unspecified atom stereocenters. The predicted molar refractivity (Wildman–Crippen MR) is 150 cm³/mol. The largest absolute Gasteiger partial charge is 0.497 e. The molecule has 0 bridgehead atoms. The Hall–Kier alpha value is -3.76. The third kappa shape index (κ3) is 4.94. The van der Waals surface area contributed by atoms with Gasteiger partial charge in [-0.3, -0.25) is 4.79 Å². The summed E-state index contributed by atoms with van der Waals surface area (Å²) in [6, 6.07) is 23.5. The molecular weight excluding hydrogens is 482 g/mol. The van der Waals surface area contributed by atoms with Gasteiger partial charge in [0.2, 0.25) is 0 Å². The number of carbonyl (C=O) groups is 1. The second-order valence-electron chi connectivity index (χ2n) is 10.1. The number of hydrogen-bond donors (Lipinski definition) is 1. The highest BCUT2D eigenvalue weighted by Crippen LogP contribution is 2.48. The number of allylic oxidation sites excluding steroid dienone is 4. The van der Waals surface area contributed by atoms with E-state index in [2.05, 4.69) is 25.2 Å². The van der Waals surface area contributed by atoms with Crippen LogP contribution in [0.4, 0.5) is 0 Å². The first-order valence-electron chi connectivity index (χ1n) is 12.3. The number of ketones is 1. The van der Waals surface area contributed by atoms with Crippen LogP contribution in [0, 0.1) is 5.41 Å². The summed E-state index contributed by atoms with van der Waals surface area (Å²) >= 11 is 6.09. The van der Waals surface area contributed by atoms with Crippen LogP contribution in [0.25, 0.3) is 11.8 Å². The molecule has 0 saturated carbocycles. The molecule has 37 heavy (non-hydrogen) atoms. The van der Waals surface area contributed by atoms with Crippen molar-refractivity contribution in [3.63, 3.8) is 0 Å². The minimum absolute atomic E-state index is 0.0690. The quantitative estimate of drug-likeness (QED) is 0.362. The van der Waals surface area contributed by atoms with Gasteiger partial charge in [0.05, 0.1) is 14.2 Å². The molecule has 0 spiro atoms. The highest BCUT2D eigenvalue weighted by atomic mass is 35.5. The Morgan fingerprint density at radius 2 is 1.49 bits per heavy atom. The topological polar surface area (TPSA) is 47.6 Å². The number of halogens is 1. The van der Waals surface area contributed by atoms with Gasteiger partial charge in [-0.15, -0.1) is 0 Å². The minimum Gasteiger partial charge on any atom is -0.497 e. The minimum atomic E-state index is -0.352. The van der Waals surface area contributed by atoms with Crippen molar-refractivity contribution < 1.29 is 14.3 Å². The molecule has 2 aliphatic rings. The molecule has 1 atom stereocenters. The molecule has 3 aromatic rings. The van der Waals surface area contributed by atoms with E-state index in [0.29, 0.717) is 11.4 Å². The standard InChI is InChI=1S/C32H30ClNO3/c1-32(2)19-29-30(31(35)27(32)17-20-5-11-23(33)12-6-20)26(21-7-13-24(36-3)14-8-21)18-28(34-29)22-9-15-25(37-4)16-10-22/h5-18,26,34H,19H2,1-4H3/b27-17+. The summed E-state index contributed by atoms with van der Waals surface area (Å²) in [6.45, 7) is 4.26. The fourth-order valence-corrected chi connectivity index (χ4v) is 5.24. The molecule has 1 N–H and O–H groups in total. The summed E-state index contributed by atoms with van der Waals surface area (Å²) in [5, 5.41) is 4.29. The Balaban J connectivity index is 1.61. The van der Waals surface area contributed by atoms with Gasteiger partial charge in [-0.25, -0.2) is 0 Å². The number of benzene rings is 3. The lowest BCUT2D eigenvalue weighted by Crippen LogP contribution is -2.37. The first kappa shape index (κ1) is 24.9. The van der Waals surface area contributed by atoms with Gasteiger partial charge in [0.1, 0.15) is 11.5 Å². The molecule has 188 valence electrons. The fraction of sp³-hybridized carbons (Fsp3) is 0.219. The molecule has 0 saturated heterocycles. The summed E-state index contributed by atoms with van der Waals surface area (Å²) in [5.41, 5.74) is 6.24. The van der Waals surface area contributed by atoms with E-state index in [0.717, 1.165) is 50.7 Å². The van der Waals surface area contributed by atoms with Crippen LogP contribution in [0.3, 0.4) is 0 Å². The zero-order valence-electron chi connectivity index (χ0n) is 21.5. The van der Waals surface area contributed by atoms with E-state index in [1.807, 2.05) is 78.9 Å². The fourth-order valence-electron chi connectivity index (χ4n) is 5.12. The van der Waals surface area contributed by atoms with Gasteiger partial charge < -0.3 is 14.8 Å². The van der Waals surface area contributed by atoms with Crippen LogP contribution in [-0.4, -0.2) is 20.0 Å². The van der Waals surface area contributed by atoms with Gasteiger partial charge in [-0.2, -0.15) is 0 Å². The molecule has 0 aromatic heterocycles.